The van der Waals surface area contributed by atoms with Gasteiger partial charge >= 0.3 is 0 Å². The molecule has 0 fully saturated rings. The van der Waals surface area contributed by atoms with Crippen LogP contribution in [0.1, 0.15) is 49.0 Å². The summed E-state index contributed by atoms with van der Waals surface area (Å²) < 4.78 is 1.98. The van der Waals surface area contributed by atoms with Gasteiger partial charge in [-0.2, -0.15) is 5.10 Å². The second-order valence-electron chi connectivity index (χ2n) is 5.16. The maximum Gasteiger partial charge on any atom is 0.0763 e. The lowest BCUT2D eigenvalue weighted by Crippen LogP contribution is -2.25. The molecule has 0 radical (unpaired) electrons. The summed E-state index contributed by atoms with van der Waals surface area (Å²) in [6, 6.07) is 6.55. The lowest BCUT2D eigenvalue weighted by Gasteiger charge is -2.19. The van der Waals surface area contributed by atoms with Crippen molar-refractivity contribution in [3.05, 3.63) is 47.0 Å². The van der Waals surface area contributed by atoms with Crippen LogP contribution in [0.5, 0.6) is 0 Å². The monoisotopic (exact) mass is 272 g/mol. The molecule has 1 N–H and O–H groups in total. The Morgan fingerprint density at radius 3 is 2.65 bits per heavy atom. The summed E-state index contributed by atoms with van der Waals surface area (Å²) in [5, 5.41) is 8.16. The number of nitrogens with one attached hydrogen (secondary N) is 1. The number of pyridine rings is 1. The van der Waals surface area contributed by atoms with Crippen molar-refractivity contribution in [2.75, 3.05) is 6.54 Å². The maximum absolute atomic E-state index is 4.56. The van der Waals surface area contributed by atoms with Gasteiger partial charge in [0, 0.05) is 18.9 Å². The molecule has 4 heteroatoms. The summed E-state index contributed by atoms with van der Waals surface area (Å²) in [6.45, 7) is 7.30. The zero-order chi connectivity index (χ0) is 14.5. The number of aryl methyl sites for hydroxylation is 3. The minimum absolute atomic E-state index is 0.154. The molecule has 2 aromatic heterocycles. The summed E-state index contributed by atoms with van der Waals surface area (Å²) in [7, 11) is 2.01. The predicted molar refractivity (Wildman–Crippen MR) is 81.7 cm³/mol. The molecule has 2 rings (SSSR count). The fourth-order valence-electron chi connectivity index (χ4n) is 2.32. The van der Waals surface area contributed by atoms with Gasteiger partial charge in [0.05, 0.1) is 17.4 Å². The van der Waals surface area contributed by atoms with E-state index in [4.69, 9.17) is 0 Å². The molecule has 0 spiro atoms. The van der Waals surface area contributed by atoms with Crippen LogP contribution in [0.3, 0.4) is 0 Å². The van der Waals surface area contributed by atoms with Crippen LogP contribution in [-0.2, 0) is 13.5 Å². The standard InChI is InChI=1S/C16H24N4/c1-5-9-17-16(13-8-7-12(3)18-11-13)15-10-14(6-2)19-20(15)4/h7-8,10-11,16-17H,5-6,9H2,1-4H3. The van der Waals surface area contributed by atoms with Crippen LogP contribution < -0.4 is 5.32 Å². The van der Waals surface area contributed by atoms with Crippen molar-refractivity contribution in [2.45, 2.75) is 39.7 Å². The van der Waals surface area contributed by atoms with E-state index in [0.29, 0.717) is 0 Å². The molecule has 2 heterocycles. The van der Waals surface area contributed by atoms with Gasteiger partial charge in [-0.1, -0.05) is 19.9 Å². The highest BCUT2D eigenvalue weighted by Crippen LogP contribution is 2.22. The first-order valence-electron chi connectivity index (χ1n) is 7.34. The third kappa shape index (κ3) is 3.25. The molecule has 0 aliphatic heterocycles. The van der Waals surface area contributed by atoms with Crippen molar-refractivity contribution in [1.82, 2.24) is 20.1 Å². The molecule has 20 heavy (non-hydrogen) atoms. The normalized spacial score (nSPS) is 12.6. The largest absolute Gasteiger partial charge is 0.305 e. The zero-order valence-electron chi connectivity index (χ0n) is 12.8. The highest BCUT2D eigenvalue weighted by Gasteiger charge is 2.18. The van der Waals surface area contributed by atoms with Gasteiger partial charge in [0.25, 0.3) is 0 Å². The Morgan fingerprint density at radius 1 is 1.30 bits per heavy atom. The van der Waals surface area contributed by atoms with Gasteiger partial charge in [-0.15, -0.1) is 0 Å². The molecule has 1 unspecified atom stereocenters. The highest BCUT2D eigenvalue weighted by atomic mass is 15.3. The van der Waals surface area contributed by atoms with Crippen molar-refractivity contribution in [3.63, 3.8) is 0 Å². The van der Waals surface area contributed by atoms with E-state index in [-0.39, 0.29) is 6.04 Å². The highest BCUT2D eigenvalue weighted by molar-refractivity contribution is 5.28. The third-order valence-corrected chi connectivity index (χ3v) is 3.49. The molecule has 0 amide bonds. The number of hydrogen-bond acceptors (Lipinski definition) is 3. The average Bonchev–Trinajstić information content (AvgIpc) is 2.82. The Kier molecular flexibility index (Phi) is 4.90. The summed E-state index contributed by atoms with van der Waals surface area (Å²) >= 11 is 0. The van der Waals surface area contributed by atoms with E-state index in [0.717, 1.165) is 30.8 Å². The lowest BCUT2D eigenvalue weighted by atomic mass is 10.0. The Bertz CT molecular complexity index is 542. The third-order valence-electron chi connectivity index (χ3n) is 3.49. The van der Waals surface area contributed by atoms with Crippen molar-refractivity contribution < 1.29 is 0 Å². The van der Waals surface area contributed by atoms with Crippen LogP contribution in [0, 0.1) is 6.92 Å². The Hall–Kier alpha value is -1.68. The first kappa shape index (κ1) is 14.7. The Balaban J connectivity index is 2.35. The fourth-order valence-corrected chi connectivity index (χ4v) is 2.32. The van der Waals surface area contributed by atoms with Gasteiger partial charge in [-0.25, -0.2) is 0 Å². The van der Waals surface area contributed by atoms with E-state index < -0.39 is 0 Å². The topological polar surface area (TPSA) is 42.7 Å². The van der Waals surface area contributed by atoms with Gasteiger partial charge < -0.3 is 5.32 Å². The zero-order valence-corrected chi connectivity index (χ0v) is 12.8. The molecule has 0 saturated carbocycles. The molecule has 0 saturated heterocycles. The lowest BCUT2D eigenvalue weighted by molar-refractivity contribution is 0.551. The smallest absolute Gasteiger partial charge is 0.0763 e. The maximum atomic E-state index is 4.56. The molecule has 0 aliphatic carbocycles. The van der Waals surface area contributed by atoms with Crippen LogP contribution in [0.4, 0.5) is 0 Å². The second kappa shape index (κ2) is 6.66. The molecule has 0 aliphatic rings. The fraction of sp³-hybridized carbons (Fsp3) is 0.500. The quantitative estimate of drug-likeness (QED) is 0.879. The molecule has 1 atom stereocenters. The molecule has 0 aromatic carbocycles. The van der Waals surface area contributed by atoms with E-state index in [2.05, 4.69) is 47.4 Å². The summed E-state index contributed by atoms with van der Waals surface area (Å²) in [5.41, 5.74) is 4.56. The molecule has 4 nitrogen and oxygen atoms in total. The van der Waals surface area contributed by atoms with Crippen LogP contribution >= 0.6 is 0 Å². The van der Waals surface area contributed by atoms with Gasteiger partial charge in [-0.3, -0.25) is 9.67 Å². The molecule has 108 valence electrons. The van der Waals surface area contributed by atoms with Crippen molar-refractivity contribution >= 4 is 0 Å². The van der Waals surface area contributed by atoms with Gasteiger partial charge in [0.15, 0.2) is 0 Å². The summed E-state index contributed by atoms with van der Waals surface area (Å²) in [5.74, 6) is 0. The number of hydrogen-bond donors (Lipinski definition) is 1. The average molecular weight is 272 g/mol. The summed E-state index contributed by atoms with van der Waals surface area (Å²) in [4.78, 5) is 4.42. The van der Waals surface area contributed by atoms with Crippen molar-refractivity contribution in [3.8, 4) is 0 Å². The van der Waals surface area contributed by atoms with E-state index in [1.807, 2.05) is 24.9 Å². The number of nitrogens with zero attached hydrogens (tertiary/aromatic N) is 3. The molecular weight excluding hydrogens is 248 g/mol. The van der Waals surface area contributed by atoms with Gasteiger partial charge in [-0.05, 0) is 44.0 Å². The van der Waals surface area contributed by atoms with Crippen molar-refractivity contribution in [2.24, 2.45) is 7.05 Å². The SMILES string of the molecule is CCCNC(c1ccc(C)nc1)c1cc(CC)nn1C. The van der Waals surface area contributed by atoms with E-state index in [1.165, 1.54) is 11.3 Å². The van der Waals surface area contributed by atoms with Crippen LogP contribution in [0.25, 0.3) is 0 Å². The van der Waals surface area contributed by atoms with Crippen LogP contribution in [0.15, 0.2) is 24.4 Å². The minimum Gasteiger partial charge on any atom is -0.305 e. The van der Waals surface area contributed by atoms with Gasteiger partial charge in [0.2, 0.25) is 0 Å². The van der Waals surface area contributed by atoms with Crippen LogP contribution in [0.2, 0.25) is 0 Å². The van der Waals surface area contributed by atoms with E-state index >= 15 is 0 Å². The van der Waals surface area contributed by atoms with E-state index in [1.54, 1.807) is 0 Å². The number of aromatic nitrogens is 3. The first-order chi connectivity index (χ1) is 9.65. The molecule has 2 aromatic rings. The number of rotatable bonds is 6. The van der Waals surface area contributed by atoms with Gasteiger partial charge in [0.1, 0.15) is 0 Å². The Morgan fingerprint density at radius 2 is 2.10 bits per heavy atom. The summed E-state index contributed by atoms with van der Waals surface area (Å²) in [6.07, 6.45) is 4.02. The Labute approximate surface area is 121 Å². The molecule has 0 bridgehead atoms. The van der Waals surface area contributed by atoms with E-state index in [9.17, 15) is 0 Å². The second-order valence-corrected chi connectivity index (χ2v) is 5.16. The molecular formula is C16H24N4. The minimum atomic E-state index is 0.154. The van der Waals surface area contributed by atoms with Crippen molar-refractivity contribution in [1.29, 1.82) is 0 Å². The van der Waals surface area contributed by atoms with Crippen LogP contribution in [-0.4, -0.2) is 21.3 Å². The first-order valence-corrected chi connectivity index (χ1v) is 7.34. The predicted octanol–water partition coefficient (Wildman–Crippen LogP) is 2.77.